The highest BCUT2D eigenvalue weighted by molar-refractivity contribution is 7.47. The molecule has 0 fully saturated rings. The summed E-state index contributed by atoms with van der Waals surface area (Å²) in [6.07, 6.45) is 49.5. The topological polar surface area (TPSA) is 117 Å². The number of hydrogen-bond acceptors (Lipinski definition) is 7. The molecular formula is C44H80NO7P. The lowest BCUT2D eigenvalue weighted by molar-refractivity contribution is -0.154. The molecule has 2 atom stereocenters. The van der Waals surface area contributed by atoms with Crippen LogP contribution in [0.15, 0.2) is 60.8 Å². The van der Waals surface area contributed by atoms with Crippen LogP contribution in [0.1, 0.15) is 174 Å². The Labute approximate surface area is 325 Å². The third-order valence-corrected chi connectivity index (χ3v) is 9.68. The zero-order valence-corrected chi connectivity index (χ0v) is 34.9. The van der Waals surface area contributed by atoms with E-state index in [1.54, 1.807) is 0 Å². The standard InChI is InChI=1S/C44H80NO7P/c1-3-5-7-9-11-13-15-17-19-20-21-22-23-25-27-29-31-33-35-37-44(46)52-43(42-51-53(47,48)50-40-38-45)41-49-39-36-34-32-30-28-26-24-18-16-14-12-10-8-6-4-2/h5,7,11,13,17,19,21-22,25,27,43H,3-4,6,8-10,12,14-16,18,20,23-24,26,28-42,45H2,1-2H3,(H,47,48)/b7-5-,13-11-,19-17-,22-21-,27-25-. The number of esters is 1. The van der Waals surface area contributed by atoms with Gasteiger partial charge >= 0.3 is 13.8 Å². The zero-order chi connectivity index (χ0) is 38.8. The third-order valence-electron chi connectivity index (χ3n) is 8.70. The van der Waals surface area contributed by atoms with Crippen molar-refractivity contribution in [2.24, 2.45) is 5.73 Å². The molecule has 8 nitrogen and oxygen atoms in total. The Morgan fingerprint density at radius 3 is 1.57 bits per heavy atom. The van der Waals surface area contributed by atoms with Gasteiger partial charge in [0.05, 0.1) is 19.8 Å². The number of hydrogen-bond donors (Lipinski definition) is 2. The molecule has 0 bridgehead atoms. The average molecular weight is 766 g/mol. The molecule has 0 saturated heterocycles. The molecule has 0 radical (unpaired) electrons. The third kappa shape index (κ3) is 41.2. The van der Waals surface area contributed by atoms with Crippen LogP contribution in [0.2, 0.25) is 0 Å². The average Bonchev–Trinajstić information content (AvgIpc) is 3.15. The molecule has 0 spiro atoms. The van der Waals surface area contributed by atoms with Gasteiger partial charge in [-0.15, -0.1) is 0 Å². The van der Waals surface area contributed by atoms with Crippen molar-refractivity contribution in [2.45, 2.75) is 180 Å². The van der Waals surface area contributed by atoms with Gasteiger partial charge in [-0.2, -0.15) is 0 Å². The first-order chi connectivity index (χ1) is 25.9. The number of carbonyl (C=O) groups is 1. The normalized spacial score (nSPS) is 14.1. The molecule has 2 unspecified atom stereocenters. The van der Waals surface area contributed by atoms with Crippen LogP contribution >= 0.6 is 7.82 Å². The van der Waals surface area contributed by atoms with E-state index in [1.165, 1.54) is 83.5 Å². The first-order valence-electron chi connectivity index (χ1n) is 21.3. The number of ether oxygens (including phenoxy) is 2. The maximum absolute atomic E-state index is 12.6. The summed E-state index contributed by atoms with van der Waals surface area (Å²) < 4.78 is 33.4. The number of unbranched alkanes of at least 4 members (excludes halogenated alkanes) is 17. The summed E-state index contributed by atoms with van der Waals surface area (Å²) in [6, 6.07) is 0. The van der Waals surface area contributed by atoms with E-state index < -0.39 is 13.9 Å². The molecule has 308 valence electrons. The Balaban J connectivity index is 4.12. The van der Waals surface area contributed by atoms with Gasteiger partial charge in [-0.1, -0.05) is 171 Å². The highest BCUT2D eigenvalue weighted by atomic mass is 31.2. The molecule has 9 heteroatoms. The summed E-state index contributed by atoms with van der Waals surface area (Å²) in [5, 5.41) is 0. The first kappa shape index (κ1) is 51.2. The predicted octanol–water partition coefficient (Wildman–Crippen LogP) is 12.6. The molecule has 0 heterocycles. The van der Waals surface area contributed by atoms with E-state index >= 15 is 0 Å². The zero-order valence-electron chi connectivity index (χ0n) is 34.0. The van der Waals surface area contributed by atoms with Crippen molar-refractivity contribution in [2.75, 3.05) is 33.0 Å². The smallest absolute Gasteiger partial charge is 0.457 e. The van der Waals surface area contributed by atoms with E-state index in [-0.39, 0.29) is 38.8 Å². The predicted molar refractivity (Wildman–Crippen MR) is 224 cm³/mol. The van der Waals surface area contributed by atoms with Gasteiger partial charge in [0.2, 0.25) is 0 Å². The number of phosphoric ester groups is 1. The molecule has 0 aromatic carbocycles. The number of allylic oxidation sites excluding steroid dienone is 10. The highest BCUT2D eigenvalue weighted by Gasteiger charge is 2.25. The minimum Gasteiger partial charge on any atom is -0.457 e. The van der Waals surface area contributed by atoms with Gasteiger partial charge in [0.25, 0.3) is 0 Å². The quantitative estimate of drug-likeness (QED) is 0.0274. The fourth-order valence-electron chi connectivity index (χ4n) is 5.61. The maximum atomic E-state index is 12.6. The van der Waals surface area contributed by atoms with E-state index in [0.29, 0.717) is 6.61 Å². The van der Waals surface area contributed by atoms with E-state index in [9.17, 15) is 14.3 Å². The monoisotopic (exact) mass is 766 g/mol. The molecule has 0 rings (SSSR count). The minimum absolute atomic E-state index is 0.0930. The summed E-state index contributed by atoms with van der Waals surface area (Å²) in [5.41, 5.74) is 5.36. The Morgan fingerprint density at radius 1 is 0.585 bits per heavy atom. The lowest BCUT2D eigenvalue weighted by atomic mass is 10.0. The molecule has 0 amide bonds. The Kier molecular flexibility index (Phi) is 40.0. The van der Waals surface area contributed by atoms with Gasteiger partial charge in [-0.05, 0) is 57.8 Å². The van der Waals surface area contributed by atoms with E-state index in [4.69, 9.17) is 24.3 Å². The Morgan fingerprint density at radius 2 is 1.06 bits per heavy atom. The SMILES string of the molecule is CC/C=C\C/C=C\C/C=C\C/C=C\C/C=C\CCCCCC(=O)OC(COCCCCCCCCCCCCCCCCC)COP(=O)(O)OCCN. The van der Waals surface area contributed by atoms with Gasteiger partial charge in [0.15, 0.2) is 0 Å². The minimum atomic E-state index is -4.29. The van der Waals surface area contributed by atoms with E-state index in [0.717, 1.165) is 70.6 Å². The molecule has 0 saturated carbocycles. The lowest BCUT2D eigenvalue weighted by Crippen LogP contribution is -2.28. The summed E-state index contributed by atoms with van der Waals surface area (Å²) >= 11 is 0. The van der Waals surface area contributed by atoms with E-state index in [2.05, 4.69) is 74.6 Å². The second-order valence-corrected chi connectivity index (χ2v) is 15.3. The maximum Gasteiger partial charge on any atom is 0.472 e. The molecule has 0 aromatic rings. The van der Waals surface area contributed by atoms with Crippen molar-refractivity contribution in [3.05, 3.63) is 60.8 Å². The number of nitrogens with two attached hydrogens (primary N) is 1. The van der Waals surface area contributed by atoms with Crippen molar-refractivity contribution in [1.29, 1.82) is 0 Å². The van der Waals surface area contributed by atoms with Crippen molar-refractivity contribution in [3.8, 4) is 0 Å². The number of carbonyl (C=O) groups excluding carboxylic acids is 1. The Hall–Kier alpha value is -1.80. The molecular weight excluding hydrogens is 685 g/mol. The van der Waals surface area contributed by atoms with Crippen molar-refractivity contribution in [3.63, 3.8) is 0 Å². The fourth-order valence-corrected chi connectivity index (χ4v) is 6.38. The number of rotatable bonds is 40. The van der Waals surface area contributed by atoms with Gasteiger partial charge < -0.3 is 20.1 Å². The van der Waals surface area contributed by atoms with Gasteiger partial charge in [0, 0.05) is 19.6 Å². The second-order valence-electron chi connectivity index (χ2n) is 13.8. The fraction of sp³-hybridized carbons (Fsp3) is 0.750. The van der Waals surface area contributed by atoms with Gasteiger partial charge in [-0.3, -0.25) is 13.8 Å². The van der Waals surface area contributed by atoms with Crippen molar-refractivity contribution >= 4 is 13.8 Å². The molecule has 0 aromatic heterocycles. The van der Waals surface area contributed by atoms with Crippen molar-refractivity contribution < 1.29 is 32.8 Å². The molecule has 3 N–H and O–H groups in total. The van der Waals surface area contributed by atoms with Crippen LogP contribution in [0.5, 0.6) is 0 Å². The lowest BCUT2D eigenvalue weighted by Gasteiger charge is -2.20. The summed E-state index contributed by atoms with van der Waals surface area (Å²) in [6.45, 7) is 4.77. The largest absolute Gasteiger partial charge is 0.472 e. The highest BCUT2D eigenvalue weighted by Crippen LogP contribution is 2.43. The Bertz CT molecular complexity index is 994. The van der Waals surface area contributed by atoms with Crippen LogP contribution < -0.4 is 5.73 Å². The van der Waals surface area contributed by atoms with Crippen LogP contribution in [-0.4, -0.2) is 49.9 Å². The van der Waals surface area contributed by atoms with Gasteiger partial charge in [0.1, 0.15) is 6.10 Å². The second kappa shape index (κ2) is 41.4. The summed E-state index contributed by atoms with van der Waals surface area (Å²) in [7, 11) is -4.29. The molecule has 53 heavy (non-hydrogen) atoms. The molecule has 0 aliphatic carbocycles. The first-order valence-corrected chi connectivity index (χ1v) is 22.8. The molecule has 0 aliphatic heterocycles. The summed E-state index contributed by atoms with van der Waals surface area (Å²) in [5.74, 6) is -0.361. The van der Waals surface area contributed by atoms with Crippen LogP contribution in [0.4, 0.5) is 0 Å². The molecule has 0 aliphatic rings. The van der Waals surface area contributed by atoms with Gasteiger partial charge in [-0.25, -0.2) is 4.57 Å². The number of phosphoric acid groups is 1. The van der Waals surface area contributed by atoms with Crippen LogP contribution in [0.25, 0.3) is 0 Å². The van der Waals surface area contributed by atoms with Crippen LogP contribution in [-0.2, 0) is 27.9 Å². The van der Waals surface area contributed by atoms with Crippen molar-refractivity contribution in [1.82, 2.24) is 0 Å². The summed E-state index contributed by atoms with van der Waals surface area (Å²) in [4.78, 5) is 22.5. The van der Waals surface area contributed by atoms with E-state index in [1.807, 2.05) is 0 Å². The van der Waals surface area contributed by atoms with Crippen LogP contribution in [0.3, 0.4) is 0 Å². The van der Waals surface area contributed by atoms with Crippen LogP contribution in [0, 0.1) is 0 Å².